The molecule has 0 atom stereocenters. The fraction of sp³-hybridized carbons (Fsp3) is 0.125. The predicted octanol–water partition coefficient (Wildman–Crippen LogP) is 1.91. The molecule has 1 aromatic carbocycles. The fourth-order valence-electron chi connectivity index (χ4n) is 0.883. The molecule has 3 nitrogen and oxygen atoms in total. The summed E-state index contributed by atoms with van der Waals surface area (Å²) in [6.45, 7) is 0. The zero-order valence-corrected chi connectivity index (χ0v) is 8.05. The molecule has 0 saturated heterocycles. The lowest BCUT2D eigenvalue weighted by molar-refractivity contribution is 0.413. The average Bonchev–Trinajstić information content (AvgIpc) is 2.03. The van der Waals surface area contributed by atoms with Crippen LogP contribution in [0.4, 0.5) is 5.69 Å². The quantitative estimate of drug-likeness (QED) is 0.745. The second-order valence-electron chi connectivity index (χ2n) is 2.18. The Morgan fingerprint density at radius 3 is 2.75 bits per heavy atom. The smallest absolute Gasteiger partial charge is 0.139 e. The van der Waals surface area contributed by atoms with Crippen LogP contribution in [0.25, 0.3) is 0 Å². The first-order chi connectivity index (χ1) is 5.69. The van der Waals surface area contributed by atoms with Crippen molar-refractivity contribution in [1.29, 1.82) is 5.26 Å². The van der Waals surface area contributed by atoms with E-state index in [9.17, 15) is 0 Å². The van der Waals surface area contributed by atoms with Gasteiger partial charge in [-0.3, -0.25) is 0 Å². The highest BCUT2D eigenvalue weighted by molar-refractivity contribution is 9.10. The maximum absolute atomic E-state index is 8.70. The van der Waals surface area contributed by atoms with E-state index >= 15 is 0 Å². The number of nitrogens with two attached hydrogens (primary N) is 1. The number of nitriles is 1. The fourth-order valence-corrected chi connectivity index (χ4v) is 1.34. The van der Waals surface area contributed by atoms with Crippen LogP contribution in [0.15, 0.2) is 16.6 Å². The molecule has 0 aliphatic carbocycles. The molecule has 0 amide bonds. The Balaban J connectivity index is 3.36. The molecule has 12 heavy (non-hydrogen) atoms. The highest BCUT2D eigenvalue weighted by atomic mass is 79.9. The molecule has 0 spiro atoms. The largest absolute Gasteiger partial charge is 0.495 e. The number of ether oxygens (including phenoxy) is 1. The van der Waals surface area contributed by atoms with Crippen molar-refractivity contribution in [3.8, 4) is 11.8 Å². The standard InChI is InChI=1S/C8H7BrN2O/c1-12-8-3-5(9)2-7(11)6(8)4-10/h2-3H,11H2,1H3. The minimum Gasteiger partial charge on any atom is -0.495 e. The molecule has 1 rings (SSSR count). The normalized spacial score (nSPS) is 9.08. The van der Waals surface area contributed by atoms with Crippen molar-refractivity contribution in [3.63, 3.8) is 0 Å². The molecule has 0 radical (unpaired) electrons. The molecular weight excluding hydrogens is 220 g/mol. The Morgan fingerprint density at radius 1 is 1.58 bits per heavy atom. The summed E-state index contributed by atoms with van der Waals surface area (Å²) in [4.78, 5) is 0. The van der Waals surface area contributed by atoms with Gasteiger partial charge < -0.3 is 10.5 Å². The third kappa shape index (κ3) is 1.51. The lowest BCUT2D eigenvalue weighted by atomic mass is 10.2. The number of nitrogen functional groups attached to an aromatic ring is 1. The highest BCUT2D eigenvalue weighted by Gasteiger charge is 2.07. The van der Waals surface area contributed by atoms with E-state index in [-0.39, 0.29) is 0 Å². The molecule has 0 aromatic heterocycles. The summed E-state index contributed by atoms with van der Waals surface area (Å²) in [5.41, 5.74) is 6.37. The summed E-state index contributed by atoms with van der Waals surface area (Å²) in [6, 6.07) is 5.34. The third-order valence-electron chi connectivity index (χ3n) is 1.43. The highest BCUT2D eigenvalue weighted by Crippen LogP contribution is 2.28. The Kier molecular flexibility index (Phi) is 2.56. The molecule has 62 valence electrons. The van der Waals surface area contributed by atoms with E-state index in [2.05, 4.69) is 15.9 Å². The summed E-state index contributed by atoms with van der Waals surface area (Å²) in [5.74, 6) is 0.490. The molecule has 0 saturated carbocycles. The van der Waals surface area contributed by atoms with Gasteiger partial charge in [-0.15, -0.1) is 0 Å². The molecule has 4 heteroatoms. The van der Waals surface area contributed by atoms with Crippen molar-refractivity contribution in [2.24, 2.45) is 0 Å². The summed E-state index contributed by atoms with van der Waals surface area (Å²) in [5, 5.41) is 8.70. The molecule has 0 unspecified atom stereocenters. The molecule has 1 aromatic rings. The van der Waals surface area contributed by atoms with Crippen molar-refractivity contribution < 1.29 is 4.74 Å². The zero-order chi connectivity index (χ0) is 9.14. The van der Waals surface area contributed by atoms with Crippen LogP contribution in [-0.2, 0) is 0 Å². The number of hydrogen-bond donors (Lipinski definition) is 1. The van der Waals surface area contributed by atoms with Crippen LogP contribution in [0.1, 0.15) is 5.56 Å². The van der Waals surface area contributed by atoms with Crippen LogP contribution in [0, 0.1) is 11.3 Å². The van der Waals surface area contributed by atoms with Crippen molar-refractivity contribution in [2.75, 3.05) is 12.8 Å². The van der Waals surface area contributed by atoms with Crippen molar-refractivity contribution in [3.05, 3.63) is 22.2 Å². The number of anilines is 1. The number of halogens is 1. The van der Waals surface area contributed by atoms with Gasteiger partial charge in [-0.25, -0.2) is 0 Å². The first-order valence-corrected chi connectivity index (χ1v) is 4.01. The molecule has 0 aliphatic rings. The monoisotopic (exact) mass is 226 g/mol. The van der Waals surface area contributed by atoms with Crippen molar-refractivity contribution in [2.45, 2.75) is 0 Å². The number of benzene rings is 1. The van der Waals surface area contributed by atoms with Gasteiger partial charge >= 0.3 is 0 Å². The lowest BCUT2D eigenvalue weighted by Crippen LogP contribution is -1.94. The van der Waals surface area contributed by atoms with Gasteiger partial charge in [-0.2, -0.15) is 5.26 Å². The Hall–Kier alpha value is -1.21. The van der Waals surface area contributed by atoms with Crippen LogP contribution in [0.3, 0.4) is 0 Å². The maximum Gasteiger partial charge on any atom is 0.139 e. The van der Waals surface area contributed by atoms with Crippen LogP contribution in [0.5, 0.6) is 5.75 Å². The van der Waals surface area contributed by atoms with Gasteiger partial charge in [0.05, 0.1) is 12.8 Å². The molecular formula is C8H7BrN2O. The lowest BCUT2D eigenvalue weighted by Gasteiger charge is -2.05. The minimum atomic E-state index is 0.376. The Labute approximate surface area is 78.9 Å². The molecule has 0 fully saturated rings. The van der Waals surface area contributed by atoms with Crippen LogP contribution < -0.4 is 10.5 Å². The van der Waals surface area contributed by atoms with Gasteiger partial charge in [0.1, 0.15) is 17.4 Å². The number of rotatable bonds is 1. The summed E-state index contributed by atoms with van der Waals surface area (Å²) < 4.78 is 5.77. The predicted molar refractivity (Wildman–Crippen MR) is 49.8 cm³/mol. The van der Waals surface area contributed by atoms with Gasteiger partial charge in [-0.1, -0.05) is 15.9 Å². The van der Waals surface area contributed by atoms with Gasteiger partial charge in [0.25, 0.3) is 0 Å². The van der Waals surface area contributed by atoms with E-state index in [1.165, 1.54) is 7.11 Å². The maximum atomic E-state index is 8.70. The number of hydrogen-bond acceptors (Lipinski definition) is 3. The first kappa shape index (κ1) is 8.88. The van der Waals surface area contributed by atoms with E-state index in [0.717, 1.165) is 4.47 Å². The van der Waals surface area contributed by atoms with Gasteiger partial charge in [0, 0.05) is 4.47 Å². The summed E-state index contributed by atoms with van der Waals surface area (Å²) >= 11 is 3.25. The topological polar surface area (TPSA) is 59.0 Å². The zero-order valence-electron chi connectivity index (χ0n) is 6.47. The van der Waals surface area contributed by atoms with E-state index in [1.807, 2.05) is 6.07 Å². The third-order valence-corrected chi connectivity index (χ3v) is 1.89. The van der Waals surface area contributed by atoms with Crippen LogP contribution in [0.2, 0.25) is 0 Å². The summed E-state index contributed by atoms with van der Waals surface area (Å²) in [7, 11) is 1.50. The molecule has 0 bridgehead atoms. The number of nitrogens with zero attached hydrogens (tertiary/aromatic N) is 1. The van der Waals surface area contributed by atoms with E-state index in [0.29, 0.717) is 17.0 Å². The Morgan fingerprint density at radius 2 is 2.25 bits per heavy atom. The molecule has 0 heterocycles. The van der Waals surface area contributed by atoms with Crippen LogP contribution in [-0.4, -0.2) is 7.11 Å². The van der Waals surface area contributed by atoms with Crippen LogP contribution >= 0.6 is 15.9 Å². The van der Waals surface area contributed by atoms with Gasteiger partial charge in [-0.05, 0) is 12.1 Å². The molecule has 2 N–H and O–H groups in total. The SMILES string of the molecule is COc1cc(Br)cc(N)c1C#N. The van der Waals surface area contributed by atoms with E-state index < -0.39 is 0 Å². The van der Waals surface area contributed by atoms with Gasteiger partial charge in [0.2, 0.25) is 0 Å². The van der Waals surface area contributed by atoms with E-state index in [1.54, 1.807) is 12.1 Å². The van der Waals surface area contributed by atoms with Gasteiger partial charge in [0.15, 0.2) is 0 Å². The average molecular weight is 227 g/mol. The minimum absolute atomic E-state index is 0.376. The molecule has 0 aliphatic heterocycles. The van der Waals surface area contributed by atoms with Crippen molar-refractivity contribution >= 4 is 21.6 Å². The second kappa shape index (κ2) is 3.46. The number of methoxy groups -OCH3 is 1. The Bertz CT molecular complexity index is 344. The summed E-state index contributed by atoms with van der Waals surface area (Å²) in [6.07, 6.45) is 0. The first-order valence-electron chi connectivity index (χ1n) is 3.22. The van der Waals surface area contributed by atoms with Crippen molar-refractivity contribution in [1.82, 2.24) is 0 Å². The second-order valence-corrected chi connectivity index (χ2v) is 3.10. The van der Waals surface area contributed by atoms with E-state index in [4.69, 9.17) is 15.7 Å².